The second-order valence-corrected chi connectivity index (χ2v) is 4.46. The number of benzene rings is 2. The number of para-hydroxylation sites is 1. The van der Waals surface area contributed by atoms with Crippen LogP contribution in [0.5, 0.6) is 5.75 Å². The van der Waals surface area contributed by atoms with Crippen LogP contribution in [-0.2, 0) is 6.61 Å². The third-order valence-electron chi connectivity index (χ3n) is 2.58. The summed E-state index contributed by atoms with van der Waals surface area (Å²) in [6.07, 6.45) is 0. The van der Waals surface area contributed by atoms with Crippen molar-refractivity contribution in [1.29, 1.82) is 0 Å². The first kappa shape index (κ1) is 18.1. The quantitative estimate of drug-likeness (QED) is 0.762. The molecule has 0 radical (unpaired) electrons. The predicted octanol–water partition coefficient (Wildman–Crippen LogP) is 0.977. The first-order chi connectivity index (χ1) is 8.97. The maximum Gasteiger partial charge on any atom is 1.00 e. The third-order valence-corrected chi connectivity index (χ3v) is 2.83. The summed E-state index contributed by atoms with van der Waals surface area (Å²) in [5.41, 5.74) is 0.0466. The van der Waals surface area contributed by atoms with E-state index >= 15 is 0 Å². The van der Waals surface area contributed by atoms with Crippen LogP contribution in [0.2, 0.25) is 5.02 Å². The molecule has 0 aromatic heterocycles. The van der Waals surface area contributed by atoms with Crippen LogP contribution < -0.4 is 61.6 Å². The fourth-order valence-electron chi connectivity index (χ4n) is 1.62. The molecule has 0 aliphatic rings. The van der Waals surface area contributed by atoms with E-state index < -0.39 is 12.4 Å². The zero-order valence-electron chi connectivity index (χ0n) is 10.8. The largest absolute Gasteiger partial charge is 1.00 e. The number of halogens is 4. The standard InChI is InChI=1S/C13H10BClF3O.K/c15-11-7-5-10(6-8-11)9-19-13-4-2-1-3-12(13)14(16,17)18;/h1-8H,9H2;/q-1;+1. The second-order valence-electron chi connectivity index (χ2n) is 4.03. The van der Waals surface area contributed by atoms with Crippen molar-refractivity contribution in [2.45, 2.75) is 6.61 Å². The van der Waals surface area contributed by atoms with Gasteiger partial charge in [0.2, 0.25) is 0 Å². The normalized spacial score (nSPS) is 10.8. The predicted molar refractivity (Wildman–Crippen MR) is 70.9 cm³/mol. The van der Waals surface area contributed by atoms with E-state index in [1.165, 1.54) is 18.2 Å². The molecule has 2 aromatic rings. The van der Waals surface area contributed by atoms with E-state index in [0.717, 1.165) is 11.6 Å². The van der Waals surface area contributed by atoms with Crippen molar-refractivity contribution < 1.29 is 69.1 Å². The summed E-state index contributed by atoms with van der Waals surface area (Å²) < 4.78 is 43.6. The Morgan fingerprint density at radius 1 is 0.950 bits per heavy atom. The molecule has 1 nitrogen and oxygen atoms in total. The van der Waals surface area contributed by atoms with Gasteiger partial charge < -0.3 is 17.7 Å². The Balaban J connectivity index is 0.00000200. The van der Waals surface area contributed by atoms with Gasteiger partial charge in [-0.15, -0.1) is 0 Å². The average Bonchev–Trinajstić information content (AvgIpc) is 2.37. The first-order valence-electron chi connectivity index (χ1n) is 5.63. The van der Waals surface area contributed by atoms with Crippen LogP contribution in [-0.4, -0.2) is 6.98 Å². The Hall–Kier alpha value is 0.0213. The molecule has 0 bridgehead atoms. The molecule has 0 atom stereocenters. The zero-order chi connectivity index (χ0) is 13.9. The molecule has 2 rings (SSSR count). The van der Waals surface area contributed by atoms with E-state index in [-0.39, 0.29) is 63.7 Å². The molecule has 0 unspecified atom stereocenters. The summed E-state index contributed by atoms with van der Waals surface area (Å²) in [6, 6.07) is 12.0. The van der Waals surface area contributed by atoms with Gasteiger partial charge in [0.1, 0.15) is 6.61 Å². The van der Waals surface area contributed by atoms with E-state index in [4.69, 9.17) is 16.3 Å². The molecule has 0 N–H and O–H groups in total. The van der Waals surface area contributed by atoms with Crippen molar-refractivity contribution in [3.63, 3.8) is 0 Å². The Bertz CT molecular complexity index is 560. The summed E-state index contributed by atoms with van der Waals surface area (Å²) >= 11 is 5.73. The van der Waals surface area contributed by atoms with Crippen molar-refractivity contribution in [3.05, 3.63) is 59.1 Å². The van der Waals surface area contributed by atoms with Gasteiger partial charge in [-0.1, -0.05) is 47.4 Å². The van der Waals surface area contributed by atoms with Crippen LogP contribution >= 0.6 is 11.6 Å². The van der Waals surface area contributed by atoms with Gasteiger partial charge in [0.25, 0.3) is 0 Å². The van der Waals surface area contributed by atoms with Crippen LogP contribution in [0.3, 0.4) is 0 Å². The van der Waals surface area contributed by atoms with Gasteiger partial charge in [-0.25, -0.2) is 0 Å². The molecule has 7 heteroatoms. The number of hydrogen-bond donors (Lipinski definition) is 0. The van der Waals surface area contributed by atoms with Gasteiger partial charge >= 0.3 is 58.4 Å². The second kappa shape index (κ2) is 7.87. The van der Waals surface area contributed by atoms with Crippen molar-refractivity contribution in [1.82, 2.24) is 0 Å². The minimum absolute atomic E-state index is 0. The molecule has 0 spiro atoms. The van der Waals surface area contributed by atoms with Gasteiger partial charge in [0, 0.05) is 5.02 Å². The maximum absolute atomic E-state index is 12.8. The van der Waals surface area contributed by atoms with E-state index in [2.05, 4.69) is 0 Å². The Labute approximate surface area is 162 Å². The number of hydrogen-bond acceptors (Lipinski definition) is 1. The van der Waals surface area contributed by atoms with Crippen molar-refractivity contribution in [2.24, 2.45) is 0 Å². The monoisotopic (exact) mass is 324 g/mol. The molecule has 0 saturated heterocycles. The fraction of sp³-hybridized carbons (Fsp3) is 0.0769. The van der Waals surface area contributed by atoms with Gasteiger partial charge in [0.05, 0.1) is 5.75 Å². The molecule has 0 saturated carbocycles. The van der Waals surface area contributed by atoms with Gasteiger partial charge in [-0.05, 0) is 23.8 Å². The van der Waals surface area contributed by atoms with E-state index in [1.807, 2.05) is 0 Å². The molecule has 20 heavy (non-hydrogen) atoms. The molecule has 0 aliphatic heterocycles. The van der Waals surface area contributed by atoms with E-state index in [1.54, 1.807) is 24.3 Å². The van der Waals surface area contributed by atoms with E-state index in [9.17, 15) is 12.9 Å². The fourth-order valence-corrected chi connectivity index (χ4v) is 1.75. The Morgan fingerprint density at radius 3 is 2.15 bits per heavy atom. The number of rotatable bonds is 4. The van der Waals surface area contributed by atoms with Crippen LogP contribution in [0.4, 0.5) is 12.9 Å². The van der Waals surface area contributed by atoms with Crippen LogP contribution in [0, 0.1) is 0 Å². The zero-order valence-corrected chi connectivity index (χ0v) is 14.7. The average molecular weight is 325 g/mol. The molecule has 0 fully saturated rings. The minimum Gasteiger partial charge on any atom is -0.492 e. The van der Waals surface area contributed by atoms with Crippen LogP contribution in [0.15, 0.2) is 48.5 Å². The minimum atomic E-state index is -5.07. The van der Waals surface area contributed by atoms with Gasteiger partial charge in [0.15, 0.2) is 0 Å². The first-order valence-corrected chi connectivity index (χ1v) is 6.01. The molecule has 0 amide bonds. The number of ether oxygens (including phenoxy) is 1. The van der Waals surface area contributed by atoms with Crippen LogP contribution in [0.25, 0.3) is 0 Å². The summed E-state index contributed by atoms with van der Waals surface area (Å²) in [7, 11) is 0. The van der Waals surface area contributed by atoms with Gasteiger partial charge in [-0.3, -0.25) is 0 Å². The Morgan fingerprint density at radius 2 is 1.55 bits per heavy atom. The smallest absolute Gasteiger partial charge is 0.492 e. The van der Waals surface area contributed by atoms with Gasteiger partial charge in [-0.2, -0.15) is 0 Å². The molecule has 100 valence electrons. The molecular formula is C13H10BClF3KO. The summed E-state index contributed by atoms with van der Waals surface area (Å²) in [4.78, 5) is 0. The van der Waals surface area contributed by atoms with E-state index in [0.29, 0.717) is 5.02 Å². The molecule has 0 heterocycles. The molecule has 0 aliphatic carbocycles. The maximum atomic E-state index is 12.8. The summed E-state index contributed by atoms with van der Waals surface area (Å²) in [5, 5.41) is 0.572. The van der Waals surface area contributed by atoms with Crippen molar-refractivity contribution in [3.8, 4) is 5.75 Å². The summed E-state index contributed by atoms with van der Waals surface area (Å²) in [5.74, 6) is -0.148. The SMILES string of the molecule is F[B-](F)(F)c1ccccc1OCc1ccc(Cl)cc1.[K+]. The molecular weight excluding hydrogens is 314 g/mol. The Kier molecular flexibility index (Phi) is 7.11. The summed E-state index contributed by atoms with van der Waals surface area (Å²) in [6.45, 7) is -5.00. The third kappa shape index (κ3) is 5.09. The molecule has 2 aromatic carbocycles. The van der Waals surface area contributed by atoms with Crippen molar-refractivity contribution in [2.75, 3.05) is 0 Å². The topological polar surface area (TPSA) is 9.23 Å². The van der Waals surface area contributed by atoms with Crippen LogP contribution in [0.1, 0.15) is 5.56 Å². The van der Waals surface area contributed by atoms with Crippen molar-refractivity contribution >= 4 is 24.0 Å².